The maximum Gasteiger partial charge on any atom is 0.245 e. The lowest BCUT2D eigenvalue weighted by Crippen LogP contribution is -2.62. The van der Waals surface area contributed by atoms with Crippen LogP contribution in [-0.4, -0.2) is 36.1 Å². The summed E-state index contributed by atoms with van der Waals surface area (Å²) in [7, 11) is 0. The number of rotatable bonds is 4. The van der Waals surface area contributed by atoms with Crippen molar-refractivity contribution in [1.29, 1.82) is 0 Å². The van der Waals surface area contributed by atoms with Crippen molar-refractivity contribution in [3.05, 3.63) is 23.9 Å². The van der Waals surface area contributed by atoms with Crippen LogP contribution in [-0.2, 0) is 4.79 Å². The van der Waals surface area contributed by atoms with Crippen LogP contribution in [0, 0.1) is 0 Å². The molecule has 1 fully saturated rings. The van der Waals surface area contributed by atoms with E-state index >= 15 is 0 Å². The van der Waals surface area contributed by atoms with E-state index in [-0.39, 0.29) is 5.91 Å². The fraction of sp³-hybridized carbons (Fsp3) is 0.600. The number of carbonyl (C=O) groups excluding carboxylic acids is 1. The number of piperazine rings is 1. The molecule has 0 spiro atoms. The van der Waals surface area contributed by atoms with Gasteiger partial charge in [0.2, 0.25) is 5.91 Å². The van der Waals surface area contributed by atoms with Crippen LogP contribution in [0.5, 0.6) is 0 Å². The summed E-state index contributed by atoms with van der Waals surface area (Å²) in [6.45, 7) is 10.5. The molecule has 1 aliphatic rings. The highest BCUT2D eigenvalue weighted by Crippen LogP contribution is 2.25. The van der Waals surface area contributed by atoms with Crippen LogP contribution in [0.15, 0.2) is 18.3 Å². The molecule has 1 aliphatic heterocycles. The number of hydrogen-bond acceptors (Lipinski definition) is 4. The van der Waals surface area contributed by atoms with Crippen molar-refractivity contribution < 1.29 is 4.79 Å². The zero-order chi connectivity index (χ0) is 14.8. The Balaban J connectivity index is 2.19. The van der Waals surface area contributed by atoms with Crippen molar-refractivity contribution in [3.8, 4) is 0 Å². The van der Waals surface area contributed by atoms with E-state index in [0.717, 1.165) is 24.5 Å². The van der Waals surface area contributed by atoms with E-state index in [1.807, 2.05) is 26.1 Å². The summed E-state index contributed by atoms with van der Waals surface area (Å²) in [5.74, 6) is 0.910. The van der Waals surface area contributed by atoms with Gasteiger partial charge in [0.1, 0.15) is 11.4 Å². The third-order valence-corrected chi connectivity index (χ3v) is 3.91. The molecule has 0 aliphatic carbocycles. The fourth-order valence-electron chi connectivity index (χ4n) is 2.54. The van der Waals surface area contributed by atoms with E-state index in [4.69, 9.17) is 0 Å². The van der Waals surface area contributed by atoms with Crippen LogP contribution in [0.1, 0.15) is 39.3 Å². The topological polar surface area (TPSA) is 57.3 Å². The van der Waals surface area contributed by atoms with Crippen LogP contribution in [0.25, 0.3) is 0 Å². The SMILES string of the molecule is CCNC(C)c1ccc(N2CCNC(=O)C2(C)C)nc1. The Labute approximate surface area is 120 Å². The van der Waals surface area contributed by atoms with Gasteiger partial charge in [-0.3, -0.25) is 4.79 Å². The lowest BCUT2D eigenvalue weighted by Gasteiger charge is -2.42. The van der Waals surface area contributed by atoms with Gasteiger partial charge in [-0.1, -0.05) is 13.0 Å². The molecule has 0 bridgehead atoms. The van der Waals surface area contributed by atoms with Crippen LogP contribution < -0.4 is 15.5 Å². The van der Waals surface area contributed by atoms with E-state index in [1.54, 1.807) is 0 Å². The normalized spacial score (nSPS) is 19.6. The van der Waals surface area contributed by atoms with Crippen molar-refractivity contribution in [1.82, 2.24) is 15.6 Å². The molecule has 20 heavy (non-hydrogen) atoms. The molecule has 1 atom stereocenters. The third-order valence-electron chi connectivity index (χ3n) is 3.91. The Morgan fingerprint density at radius 3 is 2.85 bits per heavy atom. The highest BCUT2D eigenvalue weighted by molar-refractivity contribution is 5.90. The minimum absolute atomic E-state index is 0.0515. The number of nitrogens with zero attached hydrogens (tertiary/aromatic N) is 2. The molecule has 2 N–H and O–H groups in total. The minimum Gasteiger partial charge on any atom is -0.352 e. The standard InChI is InChI=1S/C15H24N4O/c1-5-16-11(2)12-6-7-13(18-10-12)19-9-8-17-14(20)15(19,3)4/h6-7,10-11,16H,5,8-9H2,1-4H3,(H,17,20). The average Bonchev–Trinajstić information content (AvgIpc) is 2.42. The lowest BCUT2D eigenvalue weighted by molar-refractivity contribution is -0.126. The molecule has 1 unspecified atom stereocenters. The van der Waals surface area contributed by atoms with Crippen LogP contribution in [0.3, 0.4) is 0 Å². The van der Waals surface area contributed by atoms with Crippen LogP contribution in [0.4, 0.5) is 5.82 Å². The molecular formula is C15H24N4O. The smallest absolute Gasteiger partial charge is 0.245 e. The van der Waals surface area contributed by atoms with E-state index < -0.39 is 5.54 Å². The Morgan fingerprint density at radius 2 is 2.25 bits per heavy atom. The summed E-state index contributed by atoms with van der Waals surface area (Å²) in [6.07, 6.45) is 1.89. The molecule has 1 aromatic rings. The van der Waals surface area contributed by atoms with Gasteiger partial charge in [0.25, 0.3) is 0 Å². The van der Waals surface area contributed by atoms with Crippen molar-refractivity contribution in [3.63, 3.8) is 0 Å². The zero-order valence-electron chi connectivity index (χ0n) is 12.7. The van der Waals surface area contributed by atoms with Crippen molar-refractivity contribution in [2.45, 2.75) is 39.3 Å². The fourth-order valence-corrected chi connectivity index (χ4v) is 2.54. The molecule has 1 amide bonds. The number of hydrogen-bond donors (Lipinski definition) is 2. The maximum atomic E-state index is 12.0. The summed E-state index contributed by atoms with van der Waals surface area (Å²) < 4.78 is 0. The number of nitrogens with one attached hydrogen (secondary N) is 2. The first-order valence-electron chi connectivity index (χ1n) is 7.22. The molecule has 1 saturated heterocycles. The quantitative estimate of drug-likeness (QED) is 0.874. The Morgan fingerprint density at radius 1 is 1.50 bits per heavy atom. The summed E-state index contributed by atoms with van der Waals surface area (Å²) in [4.78, 5) is 18.6. The molecule has 5 heteroatoms. The monoisotopic (exact) mass is 276 g/mol. The van der Waals surface area contributed by atoms with E-state index in [9.17, 15) is 4.79 Å². The van der Waals surface area contributed by atoms with Gasteiger partial charge >= 0.3 is 0 Å². The lowest BCUT2D eigenvalue weighted by atomic mass is 9.99. The maximum absolute atomic E-state index is 12.0. The first-order valence-corrected chi connectivity index (χ1v) is 7.22. The number of carbonyl (C=O) groups is 1. The molecule has 0 aromatic carbocycles. The van der Waals surface area contributed by atoms with Gasteiger partial charge in [-0.25, -0.2) is 4.98 Å². The van der Waals surface area contributed by atoms with Crippen LogP contribution in [0.2, 0.25) is 0 Å². The predicted octanol–water partition coefficient (Wildman–Crippen LogP) is 1.47. The molecule has 1 aromatic heterocycles. The summed E-state index contributed by atoms with van der Waals surface area (Å²) in [5.41, 5.74) is 0.606. The van der Waals surface area contributed by atoms with Gasteiger partial charge in [-0.2, -0.15) is 0 Å². The van der Waals surface area contributed by atoms with Crippen LogP contribution >= 0.6 is 0 Å². The minimum atomic E-state index is -0.556. The second-order valence-electron chi connectivity index (χ2n) is 5.70. The first-order chi connectivity index (χ1) is 9.46. The molecule has 0 radical (unpaired) electrons. The second kappa shape index (κ2) is 5.79. The summed E-state index contributed by atoms with van der Waals surface area (Å²) in [5, 5.41) is 6.27. The number of amides is 1. The Hall–Kier alpha value is -1.62. The Bertz CT molecular complexity index is 469. The molecule has 2 heterocycles. The van der Waals surface area contributed by atoms with Gasteiger partial charge < -0.3 is 15.5 Å². The summed E-state index contributed by atoms with van der Waals surface area (Å²) >= 11 is 0. The molecule has 2 rings (SSSR count). The number of anilines is 1. The summed E-state index contributed by atoms with van der Waals surface area (Å²) in [6, 6.07) is 4.38. The van der Waals surface area contributed by atoms with Crippen molar-refractivity contribution >= 4 is 11.7 Å². The van der Waals surface area contributed by atoms with Gasteiger partial charge in [0.05, 0.1) is 0 Å². The van der Waals surface area contributed by atoms with Gasteiger partial charge in [0.15, 0.2) is 0 Å². The average molecular weight is 276 g/mol. The van der Waals surface area contributed by atoms with Crippen molar-refractivity contribution in [2.24, 2.45) is 0 Å². The van der Waals surface area contributed by atoms with E-state index in [2.05, 4.69) is 40.4 Å². The van der Waals surface area contributed by atoms with Gasteiger partial charge in [0, 0.05) is 25.3 Å². The largest absolute Gasteiger partial charge is 0.352 e. The highest BCUT2D eigenvalue weighted by Gasteiger charge is 2.38. The zero-order valence-corrected chi connectivity index (χ0v) is 12.7. The second-order valence-corrected chi connectivity index (χ2v) is 5.70. The molecule has 5 nitrogen and oxygen atoms in total. The van der Waals surface area contributed by atoms with Gasteiger partial charge in [-0.15, -0.1) is 0 Å². The molecular weight excluding hydrogens is 252 g/mol. The predicted molar refractivity (Wildman–Crippen MR) is 80.8 cm³/mol. The molecule has 110 valence electrons. The first kappa shape index (κ1) is 14.8. The Kier molecular flexibility index (Phi) is 4.28. The highest BCUT2D eigenvalue weighted by atomic mass is 16.2. The van der Waals surface area contributed by atoms with E-state index in [0.29, 0.717) is 12.6 Å². The number of pyridine rings is 1. The third kappa shape index (κ3) is 2.77. The van der Waals surface area contributed by atoms with Gasteiger partial charge in [-0.05, 0) is 38.9 Å². The number of aromatic nitrogens is 1. The van der Waals surface area contributed by atoms with E-state index in [1.165, 1.54) is 0 Å². The molecule has 0 saturated carbocycles. The van der Waals surface area contributed by atoms with Crippen molar-refractivity contribution in [2.75, 3.05) is 24.5 Å².